The lowest BCUT2D eigenvalue weighted by atomic mass is 10.0. The van der Waals surface area contributed by atoms with Gasteiger partial charge in [0.05, 0.1) is 6.20 Å². The molecule has 0 saturated carbocycles. The molecule has 0 spiro atoms. The molecule has 2 aromatic rings. The first-order valence-electron chi connectivity index (χ1n) is 8.33. The minimum Gasteiger partial charge on any atom is -0.314 e. The highest BCUT2D eigenvalue weighted by molar-refractivity contribution is 6.30. The number of rotatable bonds is 5. The molecule has 24 heavy (non-hydrogen) atoms. The van der Waals surface area contributed by atoms with Crippen LogP contribution in [0.15, 0.2) is 36.7 Å². The Morgan fingerprint density at radius 1 is 1.38 bits per heavy atom. The fourth-order valence-electron chi connectivity index (χ4n) is 3.17. The van der Waals surface area contributed by atoms with E-state index in [-0.39, 0.29) is 12.4 Å². The third-order valence-electron chi connectivity index (χ3n) is 4.21. The molecule has 1 unspecified atom stereocenters. The van der Waals surface area contributed by atoms with Crippen LogP contribution >= 0.6 is 24.0 Å². The molecule has 1 aliphatic heterocycles. The van der Waals surface area contributed by atoms with E-state index < -0.39 is 0 Å². The van der Waals surface area contributed by atoms with Crippen molar-refractivity contribution >= 4 is 24.0 Å². The van der Waals surface area contributed by atoms with E-state index in [0.717, 1.165) is 37.7 Å². The number of aromatic nitrogens is 2. The van der Waals surface area contributed by atoms with Crippen LogP contribution in [0.5, 0.6) is 0 Å². The van der Waals surface area contributed by atoms with E-state index >= 15 is 0 Å². The van der Waals surface area contributed by atoms with E-state index in [0.29, 0.717) is 12.0 Å². The maximum absolute atomic E-state index is 6.17. The molecule has 3 rings (SSSR count). The van der Waals surface area contributed by atoms with Gasteiger partial charge in [0.15, 0.2) is 0 Å². The van der Waals surface area contributed by atoms with Crippen molar-refractivity contribution in [1.82, 2.24) is 20.0 Å². The van der Waals surface area contributed by atoms with Crippen molar-refractivity contribution < 1.29 is 0 Å². The van der Waals surface area contributed by atoms with Crippen molar-refractivity contribution in [3.05, 3.63) is 52.8 Å². The molecule has 0 bridgehead atoms. The van der Waals surface area contributed by atoms with Gasteiger partial charge in [0.25, 0.3) is 0 Å². The van der Waals surface area contributed by atoms with Gasteiger partial charge in [-0.2, -0.15) is 5.10 Å². The molecular weight excluding hydrogens is 343 g/mol. The molecule has 1 fully saturated rings. The van der Waals surface area contributed by atoms with Gasteiger partial charge in [-0.05, 0) is 23.6 Å². The van der Waals surface area contributed by atoms with Crippen molar-refractivity contribution in [3.8, 4) is 0 Å². The number of nitrogens with zero attached hydrogens (tertiary/aromatic N) is 3. The minimum atomic E-state index is 0. The first-order chi connectivity index (χ1) is 11.1. The summed E-state index contributed by atoms with van der Waals surface area (Å²) in [4.78, 5) is 2.51. The predicted molar refractivity (Wildman–Crippen MR) is 102 cm³/mol. The van der Waals surface area contributed by atoms with E-state index in [9.17, 15) is 0 Å². The molecule has 1 aromatic heterocycles. The van der Waals surface area contributed by atoms with Crippen LogP contribution in [0.4, 0.5) is 0 Å². The van der Waals surface area contributed by atoms with Crippen molar-refractivity contribution in [3.63, 3.8) is 0 Å². The van der Waals surface area contributed by atoms with Gasteiger partial charge >= 0.3 is 0 Å². The molecule has 1 N–H and O–H groups in total. The van der Waals surface area contributed by atoms with Gasteiger partial charge in [0, 0.05) is 55.5 Å². The van der Waals surface area contributed by atoms with Gasteiger partial charge in [-0.3, -0.25) is 9.58 Å². The lowest BCUT2D eigenvalue weighted by molar-refractivity contribution is 0.153. The number of hydrogen-bond donors (Lipinski definition) is 1. The van der Waals surface area contributed by atoms with E-state index in [4.69, 9.17) is 11.6 Å². The lowest BCUT2D eigenvalue weighted by Gasteiger charge is -2.36. The smallest absolute Gasteiger partial charge is 0.0534 e. The van der Waals surface area contributed by atoms with Crippen LogP contribution in [0.2, 0.25) is 5.02 Å². The number of nitrogens with one attached hydrogen (secondary N) is 1. The van der Waals surface area contributed by atoms with Crippen LogP contribution in [-0.2, 0) is 13.1 Å². The zero-order valence-electron chi connectivity index (χ0n) is 14.3. The number of hydrogen-bond acceptors (Lipinski definition) is 3. The highest BCUT2D eigenvalue weighted by Crippen LogP contribution is 2.26. The maximum Gasteiger partial charge on any atom is 0.0534 e. The predicted octanol–water partition coefficient (Wildman–Crippen LogP) is 3.76. The Balaban J connectivity index is 0.00000208. The second-order valence-corrected chi connectivity index (χ2v) is 7.15. The summed E-state index contributed by atoms with van der Waals surface area (Å²) in [6.07, 6.45) is 4.18. The fourth-order valence-corrected chi connectivity index (χ4v) is 3.37. The van der Waals surface area contributed by atoms with Crippen molar-refractivity contribution in [2.75, 3.05) is 19.6 Å². The second-order valence-electron chi connectivity index (χ2n) is 6.71. The van der Waals surface area contributed by atoms with Gasteiger partial charge < -0.3 is 5.32 Å². The van der Waals surface area contributed by atoms with Crippen LogP contribution < -0.4 is 5.32 Å². The molecule has 0 amide bonds. The summed E-state index contributed by atoms with van der Waals surface area (Å²) in [6, 6.07) is 8.57. The zero-order chi connectivity index (χ0) is 16.2. The number of benzene rings is 1. The molecular formula is C18H26Cl2N4. The average molecular weight is 369 g/mol. The molecule has 2 heterocycles. The van der Waals surface area contributed by atoms with Gasteiger partial charge in [-0.1, -0.05) is 37.6 Å². The molecule has 1 aromatic carbocycles. The highest BCUT2D eigenvalue weighted by atomic mass is 35.5. The van der Waals surface area contributed by atoms with E-state index in [1.165, 1.54) is 11.1 Å². The van der Waals surface area contributed by atoms with Gasteiger partial charge in [-0.15, -0.1) is 12.4 Å². The fraction of sp³-hybridized carbons (Fsp3) is 0.500. The molecule has 1 saturated heterocycles. The van der Waals surface area contributed by atoms with E-state index in [2.05, 4.69) is 52.2 Å². The first kappa shape index (κ1) is 19.3. The maximum atomic E-state index is 6.17. The van der Waals surface area contributed by atoms with Crippen LogP contribution in [-0.4, -0.2) is 34.3 Å². The summed E-state index contributed by atoms with van der Waals surface area (Å²) in [5, 5.41) is 8.78. The summed E-state index contributed by atoms with van der Waals surface area (Å²) in [7, 11) is 0. The quantitative estimate of drug-likeness (QED) is 0.871. The van der Waals surface area contributed by atoms with Crippen LogP contribution in [0.1, 0.15) is 31.0 Å². The van der Waals surface area contributed by atoms with Crippen molar-refractivity contribution in [2.24, 2.45) is 5.92 Å². The summed E-state index contributed by atoms with van der Waals surface area (Å²) in [5.41, 5.74) is 2.55. The van der Waals surface area contributed by atoms with Crippen molar-refractivity contribution in [1.29, 1.82) is 0 Å². The minimum absolute atomic E-state index is 0. The Morgan fingerprint density at radius 3 is 2.96 bits per heavy atom. The molecule has 1 aliphatic rings. The summed E-state index contributed by atoms with van der Waals surface area (Å²) >= 11 is 6.17. The SMILES string of the molecule is CC(C)Cn1cc(CN2CCNCC2c2cccc(Cl)c2)cn1.Cl. The first-order valence-corrected chi connectivity index (χ1v) is 8.71. The van der Waals surface area contributed by atoms with Gasteiger partial charge in [0.1, 0.15) is 0 Å². The third-order valence-corrected chi connectivity index (χ3v) is 4.45. The Kier molecular flexibility index (Phi) is 7.11. The zero-order valence-corrected chi connectivity index (χ0v) is 15.9. The topological polar surface area (TPSA) is 33.1 Å². The van der Waals surface area contributed by atoms with Crippen LogP contribution in [0.25, 0.3) is 0 Å². The number of halogens is 2. The Hall–Kier alpha value is -1.07. The molecule has 1 atom stereocenters. The molecule has 132 valence electrons. The molecule has 4 nitrogen and oxygen atoms in total. The highest BCUT2D eigenvalue weighted by Gasteiger charge is 2.24. The van der Waals surface area contributed by atoms with Crippen LogP contribution in [0.3, 0.4) is 0 Å². The second kappa shape index (κ2) is 8.86. The van der Waals surface area contributed by atoms with Crippen molar-refractivity contribution in [2.45, 2.75) is 33.0 Å². The summed E-state index contributed by atoms with van der Waals surface area (Å²) < 4.78 is 2.05. The standard InChI is InChI=1S/C18H25ClN4.ClH/c1-14(2)11-23-13-15(9-21-23)12-22-7-6-20-10-18(22)16-4-3-5-17(19)8-16;/h3-5,8-9,13-14,18,20H,6-7,10-12H2,1-2H3;1H. The largest absolute Gasteiger partial charge is 0.314 e. The Bertz CT molecular complexity index is 641. The van der Waals surface area contributed by atoms with Gasteiger partial charge in [-0.25, -0.2) is 0 Å². The van der Waals surface area contributed by atoms with Crippen LogP contribution in [0, 0.1) is 5.92 Å². The normalized spacial score (nSPS) is 18.6. The third kappa shape index (κ3) is 4.96. The van der Waals surface area contributed by atoms with E-state index in [1.807, 2.05) is 18.3 Å². The lowest BCUT2D eigenvalue weighted by Crippen LogP contribution is -2.45. The summed E-state index contributed by atoms with van der Waals surface area (Å²) in [6.45, 7) is 9.35. The summed E-state index contributed by atoms with van der Waals surface area (Å²) in [5.74, 6) is 0.612. The van der Waals surface area contributed by atoms with Gasteiger partial charge in [0.2, 0.25) is 0 Å². The molecule has 6 heteroatoms. The monoisotopic (exact) mass is 368 g/mol. The average Bonchev–Trinajstić information content (AvgIpc) is 2.94. The number of piperazine rings is 1. The Labute approximate surface area is 155 Å². The Morgan fingerprint density at radius 2 is 2.21 bits per heavy atom. The molecule has 0 radical (unpaired) electrons. The van der Waals surface area contributed by atoms with E-state index in [1.54, 1.807) is 0 Å². The molecule has 0 aliphatic carbocycles.